The summed E-state index contributed by atoms with van der Waals surface area (Å²) in [5.74, 6) is 0.0189. The summed E-state index contributed by atoms with van der Waals surface area (Å²) < 4.78 is 6.65. The van der Waals surface area contributed by atoms with Crippen molar-refractivity contribution in [3.05, 3.63) is 17.0 Å². The highest BCUT2D eigenvalue weighted by molar-refractivity contribution is 5.48. The summed E-state index contributed by atoms with van der Waals surface area (Å²) >= 11 is 0. The SMILES string of the molecule is C[N-]C(C)(C)[C@H]1CC[C@@](C)([C@@H]2CC[C@@](C)(NC=O)[C@H]3CCC(C)=C[C@@]23O)O1. The summed E-state index contributed by atoms with van der Waals surface area (Å²) in [6.07, 6.45) is 8.40. The van der Waals surface area contributed by atoms with Gasteiger partial charge in [-0.15, -0.1) is 5.54 Å². The molecule has 5 heteroatoms. The van der Waals surface area contributed by atoms with Crippen LogP contribution in [0.25, 0.3) is 5.32 Å². The molecule has 27 heavy (non-hydrogen) atoms. The van der Waals surface area contributed by atoms with Crippen molar-refractivity contribution in [2.24, 2.45) is 11.8 Å². The van der Waals surface area contributed by atoms with Crippen LogP contribution in [0.2, 0.25) is 0 Å². The van der Waals surface area contributed by atoms with Crippen LogP contribution in [0.15, 0.2) is 11.6 Å². The van der Waals surface area contributed by atoms with E-state index >= 15 is 0 Å². The van der Waals surface area contributed by atoms with E-state index in [0.29, 0.717) is 0 Å². The molecule has 6 atom stereocenters. The Bertz CT molecular complexity index is 619. The first-order chi connectivity index (χ1) is 12.5. The van der Waals surface area contributed by atoms with Gasteiger partial charge < -0.3 is 20.5 Å². The van der Waals surface area contributed by atoms with Crippen LogP contribution in [0.4, 0.5) is 0 Å². The van der Waals surface area contributed by atoms with Gasteiger partial charge in [0.1, 0.15) is 0 Å². The molecule has 1 heterocycles. The predicted octanol–water partition coefficient (Wildman–Crippen LogP) is 3.71. The lowest BCUT2D eigenvalue weighted by Crippen LogP contribution is -2.67. The van der Waals surface area contributed by atoms with Crippen LogP contribution in [-0.4, -0.2) is 46.9 Å². The van der Waals surface area contributed by atoms with Gasteiger partial charge in [-0.1, -0.05) is 25.5 Å². The van der Waals surface area contributed by atoms with Gasteiger partial charge in [0.2, 0.25) is 6.41 Å². The molecule has 0 spiro atoms. The van der Waals surface area contributed by atoms with Crippen LogP contribution in [0, 0.1) is 11.8 Å². The van der Waals surface area contributed by atoms with E-state index in [0.717, 1.165) is 44.9 Å². The van der Waals surface area contributed by atoms with E-state index in [1.807, 2.05) is 7.05 Å². The Kier molecular flexibility index (Phi) is 5.28. The lowest BCUT2D eigenvalue weighted by molar-refractivity contribution is -0.184. The zero-order valence-electron chi connectivity index (χ0n) is 17.8. The normalized spacial score (nSPS) is 45.1. The summed E-state index contributed by atoms with van der Waals surface area (Å²) in [5.41, 5.74) is -0.702. The van der Waals surface area contributed by atoms with Gasteiger partial charge in [0.25, 0.3) is 0 Å². The molecule has 2 fully saturated rings. The Morgan fingerprint density at radius 2 is 1.96 bits per heavy atom. The van der Waals surface area contributed by atoms with Gasteiger partial charge in [0.15, 0.2) is 0 Å². The lowest BCUT2D eigenvalue weighted by Gasteiger charge is -2.59. The van der Waals surface area contributed by atoms with E-state index in [4.69, 9.17) is 4.74 Å². The molecule has 0 bridgehead atoms. The number of nitrogens with one attached hydrogen (secondary N) is 1. The number of fused-ring (bicyclic) bond motifs is 1. The fraction of sp³-hybridized carbons (Fsp3) is 0.864. The van der Waals surface area contributed by atoms with Crippen molar-refractivity contribution in [1.82, 2.24) is 5.32 Å². The maximum absolute atomic E-state index is 12.0. The number of hydrogen-bond donors (Lipinski definition) is 2. The number of hydrogen-bond acceptors (Lipinski definition) is 3. The number of nitrogens with zero attached hydrogens (tertiary/aromatic N) is 1. The lowest BCUT2D eigenvalue weighted by atomic mass is 9.53. The number of ether oxygens (including phenoxy) is 1. The van der Waals surface area contributed by atoms with E-state index < -0.39 is 5.60 Å². The standard InChI is InChI=1S/C22H37N2O3/c1-15-7-8-16-20(4,24-14-25)11-9-17(22(16,26)13-15)21(5)12-10-18(27-21)19(2,3)23-6/h13-14,16-18,26H,7-12H2,1-6H3,(H,24,25)/q-1/t16-,17+,18-,20-,21+,22+/m1/s1. The minimum absolute atomic E-state index is 0.000924. The Morgan fingerprint density at radius 1 is 1.26 bits per heavy atom. The van der Waals surface area contributed by atoms with Gasteiger partial charge in [0.05, 0.1) is 11.2 Å². The highest BCUT2D eigenvalue weighted by atomic mass is 16.5. The number of aliphatic hydroxyl groups is 1. The highest BCUT2D eigenvalue weighted by Crippen LogP contribution is 2.56. The smallest absolute Gasteiger partial charge is 0.207 e. The second kappa shape index (κ2) is 6.85. The topological polar surface area (TPSA) is 72.7 Å². The number of carbonyl (C=O) groups excluding carboxylic acids is 1. The first kappa shape index (κ1) is 20.8. The van der Waals surface area contributed by atoms with Gasteiger partial charge in [0, 0.05) is 23.5 Å². The van der Waals surface area contributed by atoms with E-state index in [9.17, 15) is 9.90 Å². The van der Waals surface area contributed by atoms with Crippen LogP contribution in [0.3, 0.4) is 0 Å². The molecule has 0 radical (unpaired) electrons. The van der Waals surface area contributed by atoms with Crippen molar-refractivity contribution >= 4 is 6.41 Å². The van der Waals surface area contributed by atoms with E-state index in [1.165, 1.54) is 5.57 Å². The molecule has 154 valence electrons. The molecule has 0 aromatic rings. The van der Waals surface area contributed by atoms with Crippen LogP contribution in [0.5, 0.6) is 0 Å². The molecule has 2 aliphatic carbocycles. The summed E-state index contributed by atoms with van der Waals surface area (Å²) in [6, 6.07) is 0. The van der Waals surface area contributed by atoms with E-state index in [-0.39, 0.29) is 34.6 Å². The Labute approximate surface area is 164 Å². The molecule has 5 nitrogen and oxygen atoms in total. The molecule has 1 saturated carbocycles. The van der Waals surface area contributed by atoms with Gasteiger partial charge in [-0.05, 0) is 59.3 Å². The summed E-state index contributed by atoms with van der Waals surface area (Å²) in [4.78, 5) is 11.3. The zero-order chi connectivity index (χ0) is 20.1. The molecule has 2 N–H and O–H groups in total. The summed E-state index contributed by atoms with van der Waals surface area (Å²) in [5, 5.41) is 19.6. The molecule has 3 aliphatic rings. The van der Waals surface area contributed by atoms with Crippen molar-refractivity contribution in [2.75, 3.05) is 7.05 Å². The quantitative estimate of drug-likeness (QED) is 0.567. The third kappa shape index (κ3) is 3.36. The highest BCUT2D eigenvalue weighted by Gasteiger charge is 2.61. The van der Waals surface area contributed by atoms with Crippen molar-refractivity contribution in [1.29, 1.82) is 0 Å². The van der Waals surface area contributed by atoms with Crippen LogP contribution >= 0.6 is 0 Å². The van der Waals surface area contributed by atoms with Crippen LogP contribution in [-0.2, 0) is 9.53 Å². The minimum Gasteiger partial charge on any atom is -0.658 e. The number of likely N-dealkylation sites (N-methyl/N-ethyl adjacent to an activating group) is 1. The van der Waals surface area contributed by atoms with Crippen LogP contribution < -0.4 is 5.32 Å². The van der Waals surface area contributed by atoms with Gasteiger partial charge in [-0.2, -0.15) is 7.05 Å². The number of allylic oxidation sites excluding steroid dienone is 1. The van der Waals surface area contributed by atoms with Gasteiger partial charge in [-0.3, -0.25) is 4.79 Å². The summed E-state index contributed by atoms with van der Waals surface area (Å²) in [6.45, 7) is 10.6. The minimum atomic E-state index is -0.956. The number of rotatable bonds is 5. The van der Waals surface area contributed by atoms with Crippen molar-refractivity contribution < 1.29 is 14.6 Å². The van der Waals surface area contributed by atoms with Crippen molar-refractivity contribution in [3.8, 4) is 0 Å². The van der Waals surface area contributed by atoms with Crippen LogP contribution in [0.1, 0.15) is 73.1 Å². The first-order valence-corrected chi connectivity index (χ1v) is 10.4. The maximum Gasteiger partial charge on any atom is 0.207 e. The number of carbonyl (C=O) groups is 1. The first-order valence-electron chi connectivity index (χ1n) is 10.4. The van der Waals surface area contributed by atoms with Gasteiger partial charge >= 0.3 is 0 Å². The fourth-order valence-electron chi connectivity index (χ4n) is 6.05. The molecule has 0 unspecified atom stereocenters. The molecule has 1 aliphatic heterocycles. The molecule has 0 aromatic carbocycles. The Morgan fingerprint density at radius 3 is 2.59 bits per heavy atom. The summed E-state index contributed by atoms with van der Waals surface area (Å²) in [7, 11) is 1.85. The maximum atomic E-state index is 12.0. The third-order valence-corrected chi connectivity index (χ3v) is 7.95. The van der Waals surface area contributed by atoms with Crippen molar-refractivity contribution in [3.63, 3.8) is 0 Å². The zero-order valence-corrected chi connectivity index (χ0v) is 17.8. The average molecular weight is 378 g/mol. The van der Waals surface area contributed by atoms with Crippen molar-refractivity contribution in [2.45, 2.75) is 102 Å². The molecule has 1 saturated heterocycles. The largest absolute Gasteiger partial charge is 0.658 e. The second-order valence-electron chi connectivity index (χ2n) is 10.1. The fourth-order valence-corrected chi connectivity index (χ4v) is 6.05. The average Bonchev–Trinajstić information content (AvgIpc) is 2.98. The predicted molar refractivity (Wildman–Crippen MR) is 108 cm³/mol. The number of amides is 1. The Hall–Kier alpha value is -0.910. The second-order valence-corrected chi connectivity index (χ2v) is 10.1. The monoisotopic (exact) mass is 377 g/mol. The molecular formula is C22H37N2O3-. The molecule has 1 amide bonds. The Balaban J connectivity index is 1.94. The van der Waals surface area contributed by atoms with E-state index in [2.05, 4.69) is 51.3 Å². The molecule has 0 aromatic heterocycles. The third-order valence-electron chi connectivity index (χ3n) is 7.95. The van der Waals surface area contributed by atoms with Gasteiger partial charge in [-0.25, -0.2) is 0 Å². The van der Waals surface area contributed by atoms with E-state index in [1.54, 1.807) is 0 Å². The molecule has 3 rings (SSSR count). The molecular weight excluding hydrogens is 340 g/mol.